The van der Waals surface area contributed by atoms with Crippen molar-refractivity contribution in [3.8, 4) is 0 Å². The molecule has 2 rings (SSSR count). The lowest BCUT2D eigenvalue weighted by molar-refractivity contribution is -0.384. The number of amides is 1. The number of benzene rings is 1. The predicted octanol–water partition coefficient (Wildman–Crippen LogP) is 2.49. The van der Waals surface area contributed by atoms with Crippen molar-refractivity contribution in [2.45, 2.75) is 6.92 Å². The largest absolute Gasteiger partial charge is 0.340 e. The second-order valence-electron chi connectivity index (χ2n) is 4.27. The van der Waals surface area contributed by atoms with Gasteiger partial charge in [-0.15, -0.1) is 0 Å². The summed E-state index contributed by atoms with van der Waals surface area (Å²) in [5.41, 5.74) is 1.88. The Labute approximate surface area is 109 Å². The molecule has 98 valence electrons. The molecule has 1 aromatic carbocycles. The Morgan fingerprint density at radius 3 is 2.47 bits per heavy atom. The first-order chi connectivity index (χ1) is 8.97. The van der Waals surface area contributed by atoms with Crippen molar-refractivity contribution in [1.82, 2.24) is 4.57 Å². The Bertz CT molecular complexity index is 629. The van der Waals surface area contributed by atoms with E-state index in [0.717, 1.165) is 5.56 Å². The summed E-state index contributed by atoms with van der Waals surface area (Å²) in [6, 6.07) is 8.57. The number of nitrogens with zero attached hydrogens (tertiary/aromatic N) is 2. The Balaban J connectivity index is 2.20. The number of rotatable bonds is 3. The van der Waals surface area contributed by atoms with E-state index in [2.05, 4.69) is 5.32 Å². The van der Waals surface area contributed by atoms with Crippen LogP contribution in [0.15, 0.2) is 36.5 Å². The molecule has 19 heavy (non-hydrogen) atoms. The van der Waals surface area contributed by atoms with Gasteiger partial charge in [0.15, 0.2) is 0 Å². The van der Waals surface area contributed by atoms with E-state index in [4.69, 9.17) is 0 Å². The van der Waals surface area contributed by atoms with Gasteiger partial charge >= 0.3 is 0 Å². The molecule has 1 aromatic heterocycles. The van der Waals surface area contributed by atoms with E-state index in [9.17, 15) is 14.9 Å². The van der Waals surface area contributed by atoms with Crippen LogP contribution in [0.3, 0.4) is 0 Å². The summed E-state index contributed by atoms with van der Waals surface area (Å²) < 4.78 is 1.43. The van der Waals surface area contributed by atoms with Crippen LogP contribution >= 0.6 is 0 Å². The first-order valence-corrected chi connectivity index (χ1v) is 5.66. The van der Waals surface area contributed by atoms with E-state index in [1.165, 1.54) is 16.8 Å². The maximum Gasteiger partial charge on any atom is 0.287 e. The molecule has 1 amide bonds. The summed E-state index contributed by atoms with van der Waals surface area (Å²) in [5.74, 6) is -0.376. The van der Waals surface area contributed by atoms with Gasteiger partial charge in [-0.2, -0.15) is 0 Å². The minimum absolute atomic E-state index is 0.100. The van der Waals surface area contributed by atoms with Crippen LogP contribution in [0.4, 0.5) is 11.4 Å². The third kappa shape index (κ3) is 2.79. The normalized spacial score (nSPS) is 10.2. The highest BCUT2D eigenvalue weighted by Crippen LogP contribution is 2.17. The summed E-state index contributed by atoms with van der Waals surface area (Å²) in [5, 5.41) is 13.3. The highest BCUT2D eigenvalue weighted by atomic mass is 16.6. The van der Waals surface area contributed by atoms with Crippen LogP contribution in [-0.2, 0) is 7.05 Å². The van der Waals surface area contributed by atoms with Gasteiger partial charge in [0.05, 0.1) is 11.1 Å². The Morgan fingerprint density at radius 1 is 1.32 bits per heavy atom. The highest BCUT2D eigenvalue weighted by Gasteiger charge is 2.17. The number of aryl methyl sites for hydroxylation is 2. The molecule has 0 atom stereocenters. The molecule has 0 unspecified atom stereocenters. The van der Waals surface area contributed by atoms with Crippen molar-refractivity contribution in [2.24, 2.45) is 7.05 Å². The fraction of sp³-hybridized carbons (Fsp3) is 0.154. The summed E-state index contributed by atoms with van der Waals surface area (Å²) >= 11 is 0. The Hall–Kier alpha value is -2.63. The highest BCUT2D eigenvalue weighted by molar-refractivity contribution is 6.03. The van der Waals surface area contributed by atoms with E-state index >= 15 is 0 Å². The zero-order valence-electron chi connectivity index (χ0n) is 10.6. The second kappa shape index (κ2) is 4.93. The van der Waals surface area contributed by atoms with E-state index in [1.54, 1.807) is 19.2 Å². The monoisotopic (exact) mass is 259 g/mol. The molecule has 0 saturated carbocycles. The number of hydrogen-bond acceptors (Lipinski definition) is 3. The van der Waals surface area contributed by atoms with Crippen molar-refractivity contribution >= 4 is 17.3 Å². The lowest BCUT2D eigenvalue weighted by Gasteiger charge is -2.05. The number of nitrogens with one attached hydrogen (secondary N) is 1. The Kier molecular flexibility index (Phi) is 3.33. The van der Waals surface area contributed by atoms with Gasteiger partial charge in [0.25, 0.3) is 11.6 Å². The number of anilines is 1. The van der Waals surface area contributed by atoms with E-state index in [-0.39, 0.29) is 17.3 Å². The van der Waals surface area contributed by atoms with Gasteiger partial charge in [-0.25, -0.2) is 0 Å². The number of carbonyl (C=O) groups excluding carboxylic acids is 1. The molecular formula is C13H13N3O3. The molecule has 0 fully saturated rings. The molecule has 0 saturated heterocycles. The average molecular weight is 259 g/mol. The predicted molar refractivity (Wildman–Crippen MR) is 71.2 cm³/mol. The second-order valence-corrected chi connectivity index (χ2v) is 4.27. The maximum absolute atomic E-state index is 12.0. The minimum Gasteiger partial charge on any atom is -0.340 e. The van der Waals surface area contributed by atoms with Crippen LogP contribution in [0.25, 0.3) is 0 Å². The molecule has 6 heteroatoms. The van der Waals surface area contributed by atoms with Gasteiger partial charge in [0.1, 0.15) is 5.69 Å². The van der Waals surface area contributed by atoms with Gasteiger partial charge in [0, 0.05) is 18.8 Å². The lowest BCUT2D eigenvalue weighted by atomic mass is 10.2. The van der Waals surface area contributed by atoms with Gasteiger partial charge in [-0.3, -0.25) is 14.9 Å². The molecule has 0 aliphatic rings. The van der Waals surface area contributed by atoms with Crippen LogP contribution in [0, 0.1) is 17.0 Å². The third-order valence-electron chi connectivity index (χ3n) is 2.74. The topological polar surface area (TPSA) is 77.2 Å². The molecule has 0 aliphatic carbocycles. The van der Waals surface area contributed by atoms with Gasteiger partial charge in [-0.05, 0) is 19.1 Å². The molecule has 0 bridgehead atoms. The number of nitro groups is 1. The molecule has 6 nitrogen and oxygen atoms in total. The van der Waals surface area contributed by atoms with Gasteiger partial charge in [-0.1, -0.05) is 17.7 Å². The van der Waals surface area contributed by atoms with Crippen molar-refractivity contribution in [3.63, 3.8) is 0 Å². The quantitative estimate of drug-likeness (QED) is 0.679. The van der Waals surface area contributed by atoms with Crippen LogP contribution in [-0.4, -0.2) is 15.4 Å². The number of aromatic nitrogens is 1. The zero-order chi connectivity index (χ0) is 14.0. The summed E-state index contributed by atoms with van der Waals surface area (Å²) in [6.45, 7) is 1.95. The molecule has 2 aromatic rings. The van der Waals surface area contributed by atoms with Crippen LogP contribution < -0.4 is 5.32 Å². The number of hydrogen-bond donors (Lipinski definition) is 1. The lowest BCUT2D eigenvalue weighted by Crippen LogP contribution is -2.15. The van der Waals surface area contributed by atoms with Crippen molar-refractivity contribution in [3.05, 3.63) is 57.9 Å². The van der Waals surface area contributed by atoms with Crippen LogP contribution in [0.5, 0.6) is 0 Å². The summed E-state index contributed by atoms with van der Waals surface area (Å²) in [7, 11) is 1.59. The fourth-order valence-electron chi connectivity index (χ4n) is 1.70. The molecule has 0 aliphatic heterocycles. The molecule has 0 spiro atoms. The summed E-state index contributed by atoms with van der Waals surface area (Å²) in [4.78, 5) is 22.1. The van der Waals surface area contributed by atoms with Gasteiger partial charge < -0.3 is 9.88 Å². The fourth-order valence-corrected chi connectivity index (χ4v) is 1.70. The van der Waals surface area contributed by atoms with Gasteiger partial charge in [0.2, 0.25) is 0 Å². The minimum atomic E-state index is -0.525. The molecular weight excluding hydrogens is 246 g/mol. The van der Waals surface area contributed by atoms with E-state index in [0.29, 0.717) is 5.69 Å². The first-order valence-electron chi connectivity index (χ1n) is 5.66. The molecule has 1 N–H and O–H groups in total. The Morgan fingerprint density at radius 2 is 1.95 bits per heavy atom. The number of carbonyl (C=O) groups is 1. The smallest absolute Gasteiger partial charge is 0.287 e. The summed E-state index contributed by atoms with van der Waals surface area (Å²) in [6.07, 6.45) is 1.31. The van der Waals surface area contributed by atoms with E-state index in [1.807, 2.05) is 19.1 Å². The van der Waals surface area contributed by atoms with Crippen molar-refractivity contribution in [2.75, 3.05) is 5.32 Å². The zero-order valence-corrected chi connectivity index (χ0v) is 10.6. The standard InChI is InChI=1S/C13H13N3O3/c1-9-3-5-10(6-4-9)14-13(17)12-7-11(16(18)19)8-15(12)2/h3-8H,1-2H3,(H,14,17). The van der Waals surface area contributed by atoms with Crippen molar-refractivity contribution in [1.29, 1.82) is 0 Å². The maximum atomic E-state index is 12.0. The van der Waals surface area contributed by atoms with Crippen LogP contribution in [0.2, 0.25) is 0 Å². The molecule has 0 radical (unpaired) electrons. The van der Waals surface area contributed by atoms with Crippen molar-refractivity contribution < 1.29 is 9.72 Å². The van der Waals surface area contributed by atoms with E-state index < -0.39 is 4.92 Å². The molecule has 1 heterocycles. The third-order valence-corrected chi connectivity index (χ3v) is 2.74. The van der Waals surface area contributed by atoms with Crippen LogP contribution in [0.1, 0.15) is 16.1 Å². The first kappa shape index (κ1) is 12.8. The average Bonchev–Trinajstić information content (AvgIpc) is 2.74. The SMILES string of the molecule is Cc1ccc(NC(=O)c2cc([N+](=O)[O-])cn2C)cc1.